The lowest BCUT2D eigenvalue weighted by Gasteiger charge is -2.28. The van der Waals surface area contributed by atoms with Crippen LogP contribution >= 0.6 is 0 Å². The monoisotopic (exact) mass is 599 g/mol. The van der Waals surface area contributed by atoms with E-state index in [2.05, 4.69) is 5.32 Å². The van der Waals surface area contributed by atoms with Crippen molar-refractivity contribution in [3.05, 3.63) is 51.6 Å². The molecule has 2 amide bonds. The number of halogens is 1. The van der Waals surface area contributed by atoms with Gasteiger partial charge in [0.2, 0.25) is 5.43 Å². The molecule has 0 bridgehead atoms. The number of aromatic nitrogens is 1. The SMILES string of the molecule is CCOC(=O)c1cn(C2CC2)c2c(/C=C\C[C@@H]3C[C@H](NC(=O)OC(C)(C)C)CN3C(=O)OC(C)(C)C)c(F)ccc2c1=O. The average molecular weight is 600 g/mol. The number of benzene rings is 1. The minimum atomic E-state index is -0.713. The van der Waals surface area contributed by atoms with E-state index in [-0.39, 0.29) is 47.8 Å². The number of nitrogens with zero attached hydrogens (tertiary/aromatic N) is 2. The van der Waals surface area contributed by atoms with Crippen LogP contribution in [0.1, 0.15) is 96.1 Å². The highest BCUT2D eigenvalue weighted by atomic mass is 19.1. The third-order valence-corrected chi connectivity index (χ3v) is 7.07. The predicted molar refractivity (Wildman–Crippen MR) is 161 cm³/mol. The van der Waals surface area contributed by atoms with Crippen LogP contribution in [0.3, 0.4) is 0 Å². The van der Waals surface area contributed by atoms with Crippen molar-refractivity contribution in [2.75, 3.05) is 13.2 Å². The van der Waals surface area contributed by atoms with E-state index >= 15 is 4.39 Å². The van der Waals surface area contributed by atoms with Gasteiger partial charge in [-0.1, -0.05) is 12.2 Å². The van der Waals surface area contributed by atoms with Crippen LogP contribution in [0.5, 0.6) is 0 Å². The van der Waals surface area contributed by atoms with E-state index in [1.807, 2.05) is 0 Å². The lowest BCUT2D eigenvalue weighted by molar-refractivity contribution is 0.0220. The van der Waals surface area contributed by atoms with Gasteiger partial charge < -0.3 is 29.0 Å². The minimum Gasteiger partial charge on any atom is -0.462 e. The summed E-state index contributed by atoms with van der Waals surface area (Å²) in [6.45, 7) is 12.7. The normalized spacial score (nSPS) is 19.1. The number of rotatable bonds is 7. The van der Waals surface area contributed by atoms with Crippen LogP contribution in [-0.4, -0.2) is 64.1 Å². The fourth-order valence-corrected chi connectivity index (χ4v) is 5.21. The molecule has 10 nitrogen and oxygen atoms in total. The third kappa shape index (κ3) is 7.94. The van der Waals surface area contributed by atoms with Gasteiger partial charge in [-0.15, -0.1) is 0 Å². The summed E-state index contributed by atoms with van der Waals surface area (Å²) in [4.78, 5) is 52.9. The first-order valence-corrected chi connectivity index (χ1v) is 14.8. The number of fused-ring (bicyclic) bond motifs is 1. The second-order valence-electron chi connectivity index (χ2n) is 13.1. The molecule has 234 valence electrons. The van der Waals surface area contributed by atoms with E-state index in [4.69, 9.17) is 14.2 Å². The van der Waals surface area contributed by atoms with E-state index < -0.39 is 40.6 Å². The molecule has 1 saturated heterocycles. The van der Waals surface area contributed by atoms with Gasteiger partial charge >= 0.3 is 18.2 Å². The summed E-state index contributed by atoms with van der Waals surface area (Å²) in [6.07, 6.45) is 6.24. The quantitative estimate of drug-likeness (QED) is 0.308. The van der Waals surface area contributed by atoms with Crippen molar-refractivity contribution in [1.29, 1.82) is 0 Å². The number of hydrogen-bond donors (Lipinski definition) is 1. The maximum absolute atomic E-state index is 15.3. The van der Waals surface area contributed by atoms with Gasteiger partial charge in [0, 0.05) is 35.8 Å². The summed E-state index contributed by atoms with van der Waals surface area (Å²) in [7, 11) is 0. The number of pyridine rings is 1. The first-order chi connectivity index (χ1) is 20.1. The van der Waals surface area contributed by atoms with Crippen LogP contribution < -0.4 is 10.7 Å². The smallest absolute Gasteiger partial charge is 0.410 e. The van der Waals surface area contributed by atoms with Crippen LogP contribution in [0.4, 0.5) is 14.0 Å². The topological polar surface area (TPSA) is 116 Å². The number of alkyl carbamates (subject to hydrolysis) is 1. The number of carbonyl (C=O) groups is 3. The van der Waals surface area contributed by atoms with Crippen molar-refractivity contribution in [3.63, 3.8) is 0 Å². The Morgan fingerprint density at radius 3 is 2.35 bits per heavy atom. The van der Waals surface area contributed by atoms with Gasteiger partial charge in [-0.2, -0.15) is 0 Å². The molecule has 0 spiro atoms. The van der Waals surface area contributed by atoms with Crippen molar-refractivity contribution in [3.8, 4) is 0 Å². The molecular formula is C32H42FN3O7. The molecule has 0 radical (unpaired) electrons. The van der Waals surface area contributed by atoms with Crippen LogP contribution in [0.25, 0.3) is 17.0 Å². The highest BCUT2D eigenvalue weighted by molar-refractivity contribution is 5.96. The summed E-state index contributed by atoms with van der Waals surface area (Å²) in [6, 6.07) is 1.96. The number of esters is 1. The average Bonchev–Trinajstić information content (AvgIpc) is 3.64. The molecule has 2 fully saturated rings. The van der Waals surface area contributed by atoms with E-state index in [1.54, 1.807) is 70.1 Å². The first-order valence-electron chi connectivity index (χ1n) is 14.8. The Morgan fingerprint density at radius 1 is 1.07 bits per heavy atom. The van der Waals surface area contributed by atoms with Gasteiger partial charge in [0.05, 0.1) is 18.2 Å². The molecule has 4 rings (SSSR count). The molecule has 1 saturated carbocycles. The van der Waals surface area contributed by atoms with Gasteiger partial charge in [-0.25, -0.2) is 18.8 Å². The maximum atomic E-state index is 15.3. The van der Waals surface area contributed by atoms with E-state index in [0.29, 0.717) is 18.4 Å². The molecule has 1 aromatic heterocycles. The lowest BCUT2D eigenvalue weighted by Crippen LogP contribution is -2.43. The molecule has 11 heteroatoms. The number of ether oxygens (including phenoxy) is 3. The lowest BCUT2D eigenvalue weighted by atomic mass is 10.0. The van der Waals surface area contributed by atoms with Crippen LogP contribution in [-0.2, 0) is 14.2 Å². The Kier molecular flexibility index (Phi) is 9.22. The molecule has 2 atom stereocenters. The number of nitrogens with one attached hydrogen (secondary N) is 1. The highest BCUT2D eigenvalue weighted by Crippen LogP contribution is 2.38. The Balaban J connectivity index is 1.63. The zero-order valence-electron chi connectivity index (χ0n) is 26.0. The summed E-state index contributed by atoms with van der Waals surface area (Å²) in [5.41, 5.74) is -1.34. The molecule has 1 N–H and O–H groups in total. The van der Waals surface area contributed by atoms with Gasteiger partial charge in [-0.05, 0) is 86.3 Å². The number of amides is 2. The second-order valence-corrected chi connectivity index (χ2v) is 13.1. The fourth-order valence-electron chi connectivity index (χ4n) is 5.21. The maximum Gasteiger partial charge on any atom is 0.410 e. The van der Waals surface area contributed by atoms with Crippen LogP contribution in [0.15, 0.2) is 29.2 Å². The van der Waals surface area contributed by atoms with Gasteiger partial charge in [0.15, 0.2) is 0 Å². The molecule has 1 aliphatic heterocycles. The van der Waals surface area contributed by atoms with Gasteiger partial charge in [-0.3, -0.25) is 4.79 Å². The molecule has 2 aliphatic rings. The second kappa shape index (κ2) is 12.4. The van der Waals surface area contributed by atoms with Crippen LogP contribution in [0, 0.1) is 5.82 Å². The largest absolute Gasteiger partial charge is 0.462 e. The fraction of sp³-hybridized carbons (Fsp3) is 0.562. The highest BCUT2D eigenvalue weighted by Gasteiger charge is 2.38. The summed E-state index contributed by atoms with van der Waals surface area (Å²) in [5, 5.41) is 3.07. The Morgan fingerprint density at radius 2 is 1.74 bits per heavy atom. The zero-order chi connectivity index (χ0) is 31.7. The first kappa shape index (κ1) is 32.0. The zero-order valence-corrected chi connectivity index (χ0v) is 26.0. The molecular weight excluding hydrogens is 557 g/mol. The van der Waals surface area contributed by atoms with E-state index in [0.717, 1.165) is 12.8 Å². The summed E-state index contributed by atoms with van der Waals surface area (Å²) < 4.78 is 33.2. The standard InChI is InChI=1S/C32H42FN3O7/c1-8-41-28(38)24-18-35(20-12-13-20)26-22(25(33)15-14-23(26)27(24)37)11-9-10-21-16-19(34-29(39)42-31(2,3)4)17-36(21)30(40)43-32(5,6)7/h9,11,14-15,18-21H,8,10,12-13,16-17H2,1-7H3,(H,34,39)/b11-9-/t19-,21+/m0/s1. The molecule has 43 heavy (non-hydrogen) atoms. The Hall–Kier alpha value is -3.89. The molecule has 2 aromatic rings. The van der Waals surface area contributed by atoms with Gasteiger partial charge in [0.25, 0.3) is 0 Å². The third-order valence-electron chi connectivity index (χ3n) is 7.07. The summed E-state index contributed by atoms with van der Waals surface area (Å²) in [5.74, 6) is -1.22. The van der Waals surface area contributed by atoms with E-state index in [1.165, 1.54) is 18.3 Å². The minimum absolute atomic E-state index is 0.0439. The Bertz CT molecular complexity index is 1480. The van der Waals surface area contributed by atoms with Crippen molar-refractivity contribution < 1.29 is 33.0 Å². The van der Waals surface area contributed by atoms with E-state index in [9.17, 15) is 19.2 Å². The van der Waals surface area contributed by atoms with Crippen molar-refractivity contribution in [2.24, 2.45) is 0 Å². The van der Waals surface area contributed by atoms with Crippen LogP contribution in [0.2, 0.25) is 0 Å². The van der Waals surface area contributed by atoms with Gasteiger partial charge in [0.1, 0.15) is 22.6 Å². The summed E-state index contributed by atoms with van der Waals surface area (Å²) >= 11 is 0. The molecule has 2 heterocycles. The number of carbonyl (C=O) groups excluding carboxylic acids is 3. The number of hydrogen-bond acceptors (Lipinski definition) is 7. The van der Waals surface area contributed by atoms with Crippen molar-refractivity contribution in [2.45, 2.75) is 103 Å². The van der Waals surface area contributed by atoms with Crippen molar-refractivity contribution in [1.82, 2.24) is 14.8 Å². The molecule has 1 aliphatic carbocycles. The Labute approximate surface area is 251 Å². The number of likely N-dealkylation sites (tertiary alicyclic amines) is 1. The molecule has 1 aromatic carbocycles. The predicted octanol–water partition coefficient (Wildman–Crippen LogP) is 5.96. The van der Waals surface area contributed by atoms with Crippen molar-refractivity contribution >= 4 is 35.1 Å². The molecule has 0 unspecified atom stereocenters.